The van der Waals surface area contributed by atoms with Crippen LogP contribution in [0.15, 0.2) is 29.3 Å². The molecule has 25 heavy (non-hydrogen) atoms. The average molecular weight is 365 g/mol. The Balaban J connectivity index is 2.49. The molecule has 0 aliphatic carbocycles. The van der Waals surface area contributed by atoms with E-state index in [2.05, 4.69) is 66.8 Å². The van der Waals surface area contributed by atoms with E-state index in [1.165, 1.54) is 29.7 Å². The smallest absolute Gasteiger partial charge is 0.191 e. The molecule has 0 aliphatic rings. The van der Waals surface area contributed by atoms with Gasteiger partial charge in [0.15, 0.2) is 5.96 Å². The number of nitrogens with zero attached hydrogens (tertiary/aromatic N) is 2. The quantitative estimate of drug-likeness (QED) is 0.337. The Morgan fingerprint density at radius 2 is 1.68 bits per heavy atom. The zero-order chi connectivity index (χ0) is 18.3. The highest BCUT2D eigenvalue weighted by Crippen LogP contribution is 2.08. The van der Waals surface area contributed by atoms with Crippen molar-refractivity contribution in [3.8, 4) is 0 Å². The van der Waals surface area contributed by atoms with E-state index in [1.54, 1.807) is 0 Å². The molecule has 0 spiro atoms. The van der Waals surface area contributed by atoms with Crippen molar-refractivity contribution in [2.75, 3.05) is 38.2 Å². The number of thioether (sulfide) groups is 1. The average Bonchev–Trinajstić information content (AvgIpc) is 2.64. The van der Waals surface area contributed by atoms with Gasteiger partial charge in [-0.05, 0) is 56.0 Å². The zero-order valence-corrected chi connectivity index (χ0v) is 17.3. The SMILES string of the molecule is CCNC(=NCc1ccc(CN(CC)CC)cc1)NCCCCSC. The van der Waals surface area contributed by atoms with E-state index >= 15 is 0 Å². The van der Waals surface area contributed by atoms with Gasteiger partial charge in [-0.25, -0.2) is 4.99 Å². The molecule has 0 aromatic heterocycles. The molecule has 0 aliphatic heterocycles. The summed E-state index contributed by atoms with van der Waals surface area (Å²) in [4.78, 5) is 7.13. The third-order valence-electron chi connectivity index (χ3n) is 4.16. The second kappa shape index (κ2) is 14.0. The van der Waals surface area contributed by atoms with Gasteiger partial charge in [-0.3, -0.25) is 4.90 Å². The number of aliphatic imine (C=N–C) groups is 1. The van der Waals surface area contributed by atoms with Crippen molar-refractivity contribution >= 4 is 17.7 Å². The van der Waals surface area contributed by atoms with Gasteiger partial charge in [0, 0.05) is 19.6 Å². The van der Waals surface area contributed by atoms with Gasteiger partial charge < -0.3 is 10.6 Å². The molecule has 0 fully saturated rings. The van der Waals surface area contributed by atoms with Crippen LogP contribution in [0.1, 0.15) is 44.7 Å². The Bertz CT molecular complexity index is 469. The first-order valence-electron chi connectivity index (χ1n) is 9.54. The number of unbranched alkanes of at least 4 members (excludes halogenated alkanes) is 1. The minimum absolute atomic E-state index is 0.714. The molecular formula is C20H36N4S. The second-order valence-corrected chi connectivity index (χ2v) is 7.09. The normalized spacial score (nSPS) is 11.8. The lowest BCUT2D eigenvalue weighted by Gasteiger charge is -2.18. The van der Waals surface area contributed by atoms with Crippen LogP contribution in [0.4, 0.5) is 0 Å². The lowest BCUT2D eigenvalue weighted by atomic mass is 10.1. The maximum atomic E-state index is 4.70. The zero-order valence-electron chi connectivity index (χ0n) is 16.5. The largest absolute Gasteiger partial charge is 0.357 e. The molecule has 0 atom stereocenters. The molecule has 0 heterocycles. The predicted molar refractivity (Wildman–Crippen MR) is 114 cm³/mol. The molecule has 2 N–H and O–H groups in total. The first-order chi connectivity index (χ1) is 12.2. The Labute approximate surface area is 158 Å². The molecule has 0 saturated heterocycles. The van der Waals surface area contributed by atoms with Crippen molar-refractivity contribution in [1.29, 1.82) is 0 Å². The van der Waals surface area contributed by atoms with E-state index < -0.39 is 0 Å². The third kappa shape index (κ3) is 9.75. The van der Waals surface area contributed by atoms with Crippen LogP contribution in [0, 0.1) is 0 Å². The molecule has 1 aromatic rings. The second-order valence-electron chi connectivity index (χ2n) is 6.10. The van der Waals surface area contributed by atoms with Gasteiger partial charge in [0.05, 0.1) is 6.54 Å². The molecule has 142 valence electrons. The van der Waals surface area contributed by atoms with Gasteiger partial charge in [-0.1, -0.05) is 38.1 Å². The van der Waals surface area contributed by atoms with Gasteiger partial charge in [-0.2, -0.15) is 11.8 Å². The van der Waals surface area contributed by atoms with Crippen LogP contribution in [0.3, 0.4) is 0 Å². The number of hydrogen-bond donors (Lipinski definition) is 2. The van der Waals surface area contributed by atoms with Gasteiger partial charge in [0.1, 0.15) is 0 Å². The molecule has 0 radical (unpaired) electrons. The fraction of sp³-hybridized carbons (Fsp3) is 0.650. The summed E-state index contributed by atoms with van der Waals surface area (Å²) in [5.74, 6) is 2.15. The predicted octanol–water partition coefficient (Wildman–Crippen LogP) is 3.73. The molecular weight excluding hydrogens is 328 g/mol. The van der Waals surface area contributed by atoms with Crippen molar-refractivity contribution in [1.82, 2.24) is 15.5 Å². The Kier molecular flexibility index (Phi) is 12.2. The van der Waals surface area contributed by atoms with Gasteiger partial charge in [0.25, 0.3) is 0 Å². The molecule has 5 heteroatoms. The molecule has 0 bridgehead atoms. The highest BCUT2D eigenvalue weighted by molar-refractivity contribution is 7.98. The molecule has 0 unspecified atom stereocenters. The van der Waals surface area contributed by atoms with Crippen molar-refractivity contribution in [2.45, 2.75) is 46.7 Å². The van der Waals surface area contributed by atoms with E-state index in [4.69, 9.17) is 4.99 Å². The fourth-order valence-electron chi connectivity index (χ4n) is 2.55. The maximum Gasteiger partial charge on any atom is 0.191 e. The van der Waals surface area contributed by atoms with E-state index in [9.17, 15) is 0 Å². The number of nitrogens with one attached hydrogen (secondary N) is 2. The summed E-state index contributed by atoms with van der Waals surface area (Å²) < 4.78 is 0. The van der Waals surface area contributed by atoms with E-state index in [1.807, 2.05) is 11.8 Å². The highest BCUT2D eigenvalue weighted by Gasteiger charge is 2.02. The topological polar surface area (TPSA) is 39.7 Å². The first-order valence-corrected chi connectivity index (χ1v) is 10.9. The van der Waals surface area contributed by atoms with Crippen LogP contribution < -0.4 is 10.6 Å². The fourth-order valence-corrected chi connectivity index (χ4v) is 3.04. The summed E-state index contributed by atoms with van der Waals surface area (Å²) in [6, 6.07) is 8.85. The number of guanidine groups is 1. The van der Waals surface area contributed by atoms with Crippen molar-refractivity contribution < 1.29 is 0 Å². The summed E-state index contributed by atoms with van der Waals surface area (Å²) in [5.41, 5.74) is 2.62. The van der Waals surface area contributed by atoms with Crippen LogP contribution in [0.25, 0.3) is 0 Å². The van der Waals surface area contributed by atoms with E-state index in [0.29, 0.717) is 6.54 Å². The Hall–Kier alpha value is -1.20. The van der Waals surface area contributed by atoms with E-state index in [0.717, 1.165) is 38.7 Å². The lowest BCUT2D eigenvalue weighted by Crippen LogP contribution is -2.37. The van der Waals surface area contributed by atoms with Crippen molar-refractivity contribution in [3.05, 3.63) is 35.4 Å². The van der Waals surface area contributed by atoms with Crippen LogP contribution in [0.5, 0.6) is 0 Å². The van der Waals surface area contributed by atoms with Gasteiger partial charge in [0.2, 0.25) is 0 Å². The standard InChI is InChI=1S/C20H36N4S/c1-5-21-20(22-14-8-9-15-25-4)23-16-18-10-12-19(13-11-18)17-24(6-2)7-3/h10-13H,5-9,14-17H2,1-4H3,(H2,21,22,23). The summed E-state index contributed by atoms with van der Waals surface area (Å²) >= 11 is 1.91. The monoisotopic (exact) mass is 364 g/mol. The third-order valence-corrected chi connectivity index (χ3v) is 4.85. The van der Waals surface area contributed by atoms with Crippen molar-refractivity contribution in [3.63, 3.8) is 0 Å². The number of rotatable bonds is 12. The van der Waals surface area contributed by atoms with E-state index in [-0.39, 0.29) is 0 Å². The summed E-state index contributed by atoms with van der Waals surface area (Å²) in [6.07, 6.45) is 4.60. The van der Waals surface area contributed by atoms with Crippen LogP contribution >= 0.6 is 11.8 Å². The highest BCUT2D eigenvalue weighted by atomic mass is 32.2. The first kappa shape index (κ1) is 21.8. The molecule has 0 saturated carbocycles. The van der Waals surface area contributed by atoms with Crippen molar-refractivity contribution in [2.24, 2.45) is 4.99 Å². The minimum atomic E-state index is 0.714. The molecule has 1 aromatic carbocycles. The summed E-state index contributed by atoms with van der Waals surface area (Å²) in [7, 11) is 0. The number of hydrogen-bond acceptors (Lipinski definition) is 3. The minimum Gasteiger partial charge on any atom is -0.357 e. The Morgan fingerprint density at radius 1 is 1.00 bits per heavy atom. The molecule has 1 rings (SSSR count). The molecule has 4 nitrogen and oxygen atoms in total. The van der Waals surface area contributed by atoms with Crippen LogP contribution in [-0.2, 0) is 13.1 Å². The number of benzene rings is 1. The summed E-state index contributed by atoms with van der Waals surface area (Å²) in [6.45, 7) is 12.3. The Morgan fingerprint density at radius 3 is 2.28 bits per heavy atom. The van der Waals surface area contributed by atoms with Gasteiger partial charge in [-0.15, -0.1) is 0 Å². The van der Waals surface area contributed by atoms with Gasteiger partial charge >= 0.3 is 0 Å². The maximum absolute atomic E-state index is 4.70. The lowest BCUT2D eigenvalue weighted by molar-refractivity contribution is 0.296. The molecule has 0 amide bonds. The van der Waals surface area contributed by atoms with Crippen LogP contribution in [-0.4, -0.2) is 49.0 Å². The van der Waals surface area contributed by atoms with Crippen LogP contribution in [0.2, 0.25) is 0 Å². The summed E-state index contributed by atoms with van der Waals surface area (Å²) in [5, 5.41) is 6.75.